The van der Waals surface area contributed by atoms with Crippen LogP contribution in [0, 0.1) is 6.92 Å². The van der Waals surface area contributed by atoms with Crippen LogP contribution in [0.25, 0.3) is 16.9 Å². The van der Waals surface area contributed by atoms with E-state index in [1.807, 2.05) is 69.3 Å². The fraction of sp³-hybridized carbons (Fsp3) is 0.292. The maximum Gasteiger partial charge on any atom is 0.255 e. The topological polar surface area (TPSA) is 76.0 Å². The van der Waals surface area contributed by atoms with Gasteiger partial charge in [-0.2, -0.15) is 5.10 Å². The first kappa shape index (κ1) is 21.3. The fourth-order valence-corrected chi connectivity index (χ4v) is 3.22. The zero-order valence-electron chi connectivity index (χ0n) is 17.9. The molecule has 3 rings (SSSR count). The Kier molecular flexibility index (Phi) is 6.67. The van der Waals surface area contributed by atoms with Crippen LogP contribution < -0.4 is 10.6 Å². The van der Waals surface area contributed by atoms with E-state index >= 15 is 0 Å². The molecule has 0 saturated heterocycles. The van der Waals surface area contributed by atoms with Crippen molar-refractivity contribution in [2.45, 2.75) is 40.2 Å². The molecule has 3 aromatic rings. The van der Waals surface area contributed by atoms with E-state index in [1.54, 1.807) is 10.9 Å². The van der Waals surface area contributed by atoms with Gasteiger partial charge in [-0.25, -0.2) is 4.68 Å². The van der Waals surface area contributed by atoms with Crippen LogP contribution >= 0.6 is 0 Å². The Hall–Kier alpha value is -3.41. The Morgan fingerprint density at radius 2 is 1.77 bits per heavy atom. The molecule has 0 aliphatic carbocycles. The highest BCUT2D eigenvalue weighted by molar-refractivity contribution is 6.01. The molecule has 0 saturated carbocycles. The van der Waals surface area contributed by atoms with E-state index in [1.165, 1.54) is 5.56 Å². The van der Waals surface area contributed by atoms with E-state index in [0.717, 1.165) is 23.2 Å². The third-order valence-corrected chi connectivity index (χ3v) is 4.82. The Labute approximate surface area is 177 Å². The summed E-state index contributed by atoms with van der Waals surface area (Å²) in [5.74, 6) is -0.554. The van der Waals surface area contributed by atoms with E-state index in [2.05, 4.69) is 17.6 Å². The summed E-state index contributed by atoms with van der Waals surface area (Å²) >= 11 is 0. The van der Waals surface area contributed by atoms with Crippen molar-refractivity contribution in [1.82, 2.24) is 20.4 Å². The van der Waals surface area contributed by atoms with Crippen molar-refractivity contribution >= 4 is 11.8 Å². The molecule has 0 atom stereocenters. The molecule has 2 N–H and O–H groups in total. The molecule has 0 aliphatic heterocycles. The third kappa shape index (κ3) is 4.95. The molecule has 30 heavy (non-hydrogen) atoms. The van der Waals surface area contributed by atoms with Gasteiger partial charge in [0.15, 0.2) is 0 Å². The molecule has 2 amide bonds. The van der Waals surface area contributed by atoms with Gasteiger partial charge in [-0.1, -0.05) is 49.4 Å². The zero-order valence-corrected chi connectivity index (χ0v) is 17.9. The standard InChI is InChI=1S/C24H28N4O2/c1-5-18-10-12-19(13-11-18)23-20(24(30)25-14-22(29)26-16(2)3)15-28(27-23)21-9-7-6-8-17(21)4/h6-13,15-16H,5,14H2,1-4H3,(H,25,30)(H,26,29). The van der Waals surface area contributed by atoms with Crippen LogP contribution in [-0.2, 0) is 11.2 Å². The third-order valence-electron chi connectivity index (χ3n) is 4.82. The molecule has 1 aromatic heterocycles. The number of nitrogens with one attached hydrogen (secondary N) is 2. The number of carbonyl (C=O) groups excluding carboxylic acids is 2. The van der Waals surface area contributed by atoms with Crippen molar-refractivity contribution in [3.05, 3.63) is 71.4 Å². The van der Waals surface area contributed by atoms with E-state index < -0.39 is 0 Å². The van der Waals surface area contributed by atoms with Crippen molar-refractivity contribution in [2.24, 2.45) is 0 Å². The summed E-state index contributed by atoms with van der Waals surface area (Å²) in [6.07, 6.45) is 2.66. The number of carbonyl (C=O) groups is 2. The Morgan fingerprint density at radius 3 is 2.40 bits per heavy atom. The first-order chi connectivity index (χ1) is 14.4. The summed E-state index contributed by atoms with van der Waals surface area (Å²) in [5.41, 5.74) is 5.05. The Balaban J connectivity index is 1.96. The number of hydrogen-bond acceptors (Lipinski definition) is 3. The molecule has 6 heteroatoms. The lowest BCUT2D eigenvalue weighted by Crippen LogP contribution is -2.39. The number of aromatic nitrogens is 2. The Morgan fingerprint density at radius 1 is 1.07 bits per heavy atom. The molecule has 2 aromatic carbocycles. The first-order valence-corrected chi connectivity index (χ1v) is 10.2. The summed E-state index contributed by atoms with van der Waals surface area (Å²) in [6.45, 7) is 7.78. The molecule has 0 fully saturated rings. The average Bonchev–Trinajstić information content (AvgIpc) is 3.17. The SMILES string of the molecule is CCc1ccc(-c2nn(-c3ccccc3C)cc2C(=O)NCC(=O)NC(C)C)cc1. The Bertz CT molecular complexity index is 1040. The molecule has 0 spiro atoms. The maximum atomic E-state index is 12.9. The minimum atomic E-state index is -0.330. The predicted molar refractivity (Wildman–Crippen MR) is 119 cm³/mol. The van der Waals surface area contributed by atoms with Gasteiger partial charge < -0.3 is 10.6 Å². The van der Waals surface area contributed by atoms with Crippen LogP contribution in [0.5, 0.6) is 0 Å². The number of aryl methyl sites for hydroxylation is 2. The molecule has 0 bridgehead atoms. The maximum absolute atomic E-state index is 12.9. The second-order valence-electron chi connectivity index (χ2n) is 7.58. The molecule has 6 nitrogen and oxygen atoms in total. The fourth-order valence-electron chi connectivity index (χ4n) is 3.22. The lowest BCUT2D eigenvalue weighted by Gasteiger charge is -2.09. The lowest BCUT2D eigenvalue weighted by atomic mass is 10.0. The smallest absolute Gasteiger partial charge is 0.255 e. The van der Waals surface area contributed by atoms with Crippen LogP contribution in [0.2, 0.25) is 0 Å². The number of benzene rings is 2. The minimum absolute atomic E-state index is 0.0193. The molecular formula is C24H28N4O2. The largest absolute Gasteiger partial charge is 0.352 e. The summed E-state index contributed by atoms with van der Waals surface area (Å²) < 4.78 is 1.72. The highest BCUT2D eigenvalue weighted by atomic mass is 16.2. The summed E-state index contributed by atoms with van der Waals surface area (Å²) in [6, 6.07) is 15.9. The average molecular weight is 405 g/mol. The molecule has 156 valence electrons. The quantitative estimate of drug-likeness (QED) is 0.631. The number of para-hydroxylation sites is 1. The van der Waals surface area contributed by atoms with Gasteiger partial charge in [0, 0.05) is 17.8 Å². The molecule has 0 aliphatic rings. The monoisotopic (exact) mass is 404 g/mol. The number of nitrogens with zero attached hydrogens (tertiary/aromatic N) is 2. The zero-order chi connectivity index (χ0) is 21.7. The van der Waals surface area contributed by atoms with Crippen LogP contribution in [0.1, 0.15) is 42.3 Å². The van der Waals surface area contributed by atoms with Gasteiger partial charge in [-0.15, -0.1) is 0 Å². The molecule has 0 radical (unpaired) electrons. The van der Waals surface area contributed by atoms with E-state index in [-0.39, 0.29) is 24.4 Å². The van der Waals surface area contributed by atoms with Crippen molar-refractivity contribution in [3.8, 4) is 16.9 Å². The van der Waals surface area contributed by atoms with Gasteiger partial charge in [0.1, 0.15) is 5.69 Å². The van der Waals surface area contributed by atoms with Gasteiger partial charge in [-0.05, 0) is 44.4 Å². The van der Waals surface area contributed by atoms with Crippen LogP contribution in [0.3, 0.4) is 0 Å². The van der Waals surface area contributed by atoms with E-state index in [9.17, 15) is 9.59 Å². The number of hydrogen-bond donors (Lipinski definition) is 2. The van der Waals surface area contributed by atoms with Gasteiger partial charge in [0.05, 0.1) is 17.8 Å². The predicted octanol–water partition coefficient (Wildman–Crippen LogP) is 3.66. The second kappa shape index (κ2) is 9.39. The van der Waals surface area contributed by atoms with E-state index in [0.29, 0.717) is 11.3 Å². The van der Waals surface area contributed by atoms with Gasteiger partial charge in [0.2, 0.25) is 5.91 Å². The van der Waals surface area contributed by atoms with E-state index in [4.69, 9.17) is 5.10 Å². The van der Waals surface area contributed by atoms with Crippen molar-refractivity contribution in [2.75, 3.05) is 6.54 Å². The number of amides is 2. The van der Waals surface area contributed by atoms with Crippen molar-refractivity contribution in [1.29, 1.82) is 0 Å². The summed E-state index contributed by atoms with van der Waals surface area (Å²) in [7, 11) is 0. The van der Waals surface area contributed by atoms with Crippen LogP contribution in [-0.4, -0.2) is 34.2 Å². The van der Waals surface area contributed by atoms with Crippen LogP contribution in [0.15, 0.2) is 54.7 Å². The summed E-state index contributed by atoms with van der Waals surface area (Å²) in [4.78, 5) is 24.9. The number of rotatable bonds is 7. The highest BCUT2D eigenvalue weighted by Crippen LogP contribution is 2.25. The van der Waals surface area contributed by atoms with Gasteiger partial charge in [-0.3, -0.25) is 9.59 Å². The normalized spacial score (nSPS) is 10.8. The first-order valence-electron chi connectivity index (χ1n) is 10.2. The van der Waals surface area contributed by atoms with Gasteiger partial charge >= 0.3 is 0 Å². The minimum Gasteiger partial charge on any atom is -0.352 e. The lowest BCUT2D eigenvalue weighted by molar-refractivity contribution is -0.120. The van der Waals surface area contributed by atoms with Crippen molar-refractivity contribution in [3.63, 3.8) is 0 Å². The molecule has 0 unspecified atom stereocenters. The van der Waals surface area contributed by atoms with Crippen molar-refractivity contribution < 1.29 is 9.59 Å². The van der Waals surface area contributed by atoms with Crippen LogP contribution in [0.4, 0.5) is 0 Å². The molecule has 1 heterocycles. The molecular weight excluding hydrogens is 376 g/mol. The summed E-state index contributed by atoms with van der Waals surface area (Å²) in [5, 5.41) is 10.2. The highest BCUT2D eigenvalue weighted by Gasteiger charge is 2.20. The van der Waals surface area contributed by atoms with Gasteiger partial charge in [0.25, 0.3) is 5.91 Å². The second-order valence-corrected chi connectivity index (χ2v) is 7.58.